The molecule has 1 aliphatic rings. The van der Waals surface area contributed by atoms with Gasteiger partial charge in [0.15, 0.2) is 5.82 Å². The van der Waals surface area contributed by atoms with E-state index < -0.39 is 0 Å². The molecule has 0 saturated carbocycles. The molecule has 23 heavy (non-hydrogen) atoms. The highest BCUT2D eigenvalue weighted by atomic mass is 16.2. The van der Waals surface area contributed by atoms with E-state index in [1.165, 1.54) is 6.20 Å². The monoisotopic (exact) mass is 313 g/mol. The van der Waals surface area contributed by atoms with Crippen LogP contribution in [0, 0.1) is 6.92 Å². The first kappa shape index (κ1) is 15.2. The number of hydrogen-bond acceptors (Lipinski definition) is 5. The first-order valence-corrected chi connectivity index (χ1v) is 7.67. The Bertz CT molecular complexity index is 741. The van der Waals surface area contributed by atoms with Gasteiger partial charge in [0.05, 0.1) is 5.69 Å². The van der Waals surface area contributed by atoms with Gasteiger partial charge in [-0.15, -0.1) is 5.10 Å². The van der Waals surface area contributed by atoms with Crippen molar-refractivity contribution in [3.63, 3.8) is 0 Å². The third-order valence-electron chi connectivity index (χ3n) is 3.94. The Balaban J connectivity index is 1.71. The normalized spacial score (nSPS) is 15.3. The maximum atomic E-state index is 12.5. The first-order valence-electron chi connectivity index (χ1n) is 7.67. The van der Waals surface area contributed by atoms with Crippen molar-refractivity contribution in [1.82, 2.24) is 20.1 Å². The summed E-state index contributed by atoms with van der Waals surface area (Å²) < 4.78 is 0. The molecule has 0 bridgehead atoms. The molecular weight excluding hydrogens is 294 g/mol. The van der Waals surface area contributed by atoms with E-state index >= 15 is 0 Å². The van der Waals surface area contributed by atoms with E-state index in [1.54, 1.807) is 17.0 Å². The molecule has 7 nitrogen and oxygen atoms in total. The highest BCUT2D eigenvalue weighted by Crippen LogP contribution is 2.14. The molecule has 0 atom stereocenters. The summed E-state index contributed by atoms with van der Waals surface area (Å²) in [7, 11) is 0. The van der Waals surface area contributed by atoms with E-state index in [0.717, 1.165) is 24.5 Å². The van der Waals surface area contributed by atoms with Crippen LogP contribution in [0.4, 0.5) is 5.82 Å². The van der Waals surface area contributed by atoms with Gasteiger partial charge in [-0.05, 0) is 37.6 Å². The molecule has 0 unspecified atom stereocenters. The number of carbonyl (C=O) groups excluding carboxylic acids is 1. The van der Waals surface area contributed by atoms with Gasteiger partial charge in [-0.3, -0.25) is 9.59 Å². The second-order valence-electron chi connectivity index (χ2n) is 5.58. The quantitative estimate of drug-likeness (QED) is 0.888. The SMILES string of the molecule is Cc1ccc(N2CCCN(C(=O)c3ccc[nH]c3=O)CC2)nn1. The van der Waals surface area contributed by atoms with Crippen LogP contribution in [0.3, 0.4) is 0 Å². The van der Waals surface area contributed by atoms with Crippen LogP contribution in [0.2, 0.25) is 0 Å². The minimum Gasteiger partial charge on any atom is -0.353 e. The Kier molecular flexibility index (Phi) is 4.36. The van der Waals surface area contributed by atoms with Crippen molar-refractivity contribution in [1.29, 1.82) is 0 Å². The molecule has 2 aromatic rings. The Morgan fingerprint density at radius 1 is 1.13 bits per heavy atom. The Labute approximate surface area is 134 Å². The van der Waals surface area contributed by atoms with Gasteiger partial charge in [0.2, 0.25) is 0 Å². The van der Waals surface area contributed by atoms with E-state index in [9.17, 15) is 9.59 Å². The molecule has 2 aromatic heterocycles. The molecular formula is C16H19N5O2. The molecule has 0 radical (unpaired) electrons. The molecule has 120 valence electrons. The predicted octanol–water partition coefficient (Wildman–Crippen LogP) is 0.826. The van der Waals surface area contributed by atoms with E-state index in [1.807, 2.05) is 19.1 Å². The second-order valence-corrected chi connectivity index (χ2v) is 5.58. The van der Waals surface area contributed by atoms with Crippen LogP contribution >= 0.6 is 0 Å². The fourth-order valence-corrected chi connectivity index (χ4v) is 2.67. The Hall–Kier alpha value is -2.70. The number of aryl methyl sites for hydroxylation is 1. The van der Waals surface area contributed by atoms with E-state index in [0.29, 0.717) is 19.6 Å². The maximum Gasteiger partial charge on any atom is 0.260 e. The highest BCUT2D eigenvalue weighted by molar-refractivity contribution is 5.93. The van der Waals surface area contributed by atoms with E-state index in [4.69, 9.17) is 0 Å². The van der Waals surface area contributed by atoms with Crippen LogP contribution < -0.4 is 10.5 Å². The standard InChI is InChI=1S/C16H19N5O2/c1-12-5-6-14(19-18-12)20-8-3-9-21(11-10-20)16(23)13-4-2-7-17-15(13)22/h2,4-7H,3,8-11H2,1H3,(H,17,22). The average Bonchev–Trinajstić information content (AvgIpc) is 2.81. The van der Waals surface area contributed by atoms with Crippen LogP contribution in [0.1, 0.15) is 22.5 Å². The number of aromatic nitrogens is 3. The Morgan fingerprint density at radius 3 is 2.74 bits per heavy atom. The summed E-state index contributed by atoms with van der Waals surface area (Å²) in [4.78, 5) is 30.7. The van der Waals surface area contributed by atoms with Crippen molar-refractivity contribution >= 4 is 11.7 Å². The number of hydrogen-bond donors (Lipinski definition) is 1. The van der Waals surface area contributed by atoms with Gasteiger partial charge in [0, 0.05) is 32.4 Å². The number of nitrogens with one attached hydrogen (secondary N) is 1. The predicted molar refractivity (Wildman–Crippen MR) is 86.6 cm³/mol. The smallest absolute Gasteiger partial charge is 0.260 e. The zero-order chi connectivity index (χ0) is 16.2. The molecule has 0 spiro atoms. The lowest BCUT2D eigenvalue weighted by Crippen LogP contribution is -2.37. The second kappa shape index (κ2) is 6.60. The fraction of sp³-hybridized carbons (Fsp3) is 0.375. The van der Waals surface area contributed by atoms with Gasteiger partial charge in [-0.1, -0.05) is 0 Å². The van der Waals surface area contributed by atoms with Crippen molar-refractivity contribution < 1.29 is 4.79 Å². The number of carbonyl (C=O) groups is 1. The van der Waals surface area contributed by atoms with Crippen molar-refractivity contribution in [2.75, 3.05) is 31.1 Å². The van der Waals surface area contributed by atoms with Gasteiger partial charge in [-0.25, -0.2) is 0 Å². The first-order chi connectivity index (χ1) is 11.1. The summed E-state index contributed by atoms with van der Waals surface area (Å²) in [6, 6.07) is 7.11. The minimum absolute atomic E-state index is 0.191. The third kappa shape index (κ3) is 3.39. The van der Waals surface area contributed by atoms with Crippen molar-refractivity contribution in [3.05, 3.63) is 52.1 Å². The summed E-state index contributed by atoms with van der Waals surface area (Å²) >= 11 is 0. The molecule has 1 aliphatic heterocycles. The topological polar surface area (TPSA) is 82.2 Å². The number of aromatic amines is 1. The third-order valence-corrected chi connectivity index (χ3v) is 3.94. The average molecular weight is 313 g/mol. The summed E-state index contributed by atoms with van der Waals surface area (Å²) in [6.45, 7) is 4.57. The summed E-state index contributed by atoms with van der Waals surface area (Å²) in [5, 5.41) is 8.28. The lowest BCUT2D eigenvalue weighted by Gasteiger charge is -2.22. The molecule has 3 heterocycles. The molecule has 1 fully saturated rings. The van der Waals surface area contributed by atoms with Gasteiger partial charge in [0.25, 0.3) is 11.5 Å². The summed E-state index contributed by atoms with van der Waals surface area (Å²) in [6.07, 6.45) is 2.35. The number of pyridine rings is 1. The fourth-order valence-electron chi connectivity index (χ4n) is 2.67. The largest absolute Gasteiger partial charge is 0.353 e. The van der Waals surface area contributed by atoms with Crippen LogP contribution in [0.5, 0.6) is 0 Å². The van der Waals surface area contributed by atoms with E-state index in [2.05, 4.69) is 20.1 Å². The van der Waals surface area contributed by atoms with Gasteiger partial charge in [0.1, 0.15) is 5.56 Å². The zero-order valence-corrected chi connectivity index (χ0v) is 13.0. The van der Waals surface area contributed by atoms with Crippen LogP contribution in [-0.4, -0.2) is 52.2 Å². The number of rotatable bonds is 2. The molecule has 0 aromatic carbocycles. The number of H-pyrrole nitrogens is 1. The van der Waals surface area contributed by atoms with Crippen LogP contribution in [0.15, 0.2) is 35.3 Å². The molecule has 1 amide bonds. The molecule has 1 saturated heterocycles. The zero-order valence-electron chi connectivity index (χ0n) is 13.0. The van der Waals surface area contributed by atoms with Gasteiger partial charge in [-0.2, -0.15) is 5.10 Å². The van der Waals surface area contributed by atoms with Crippen molar-refractivity contribution in [2.24, 2.45) is 0 Å². The molecule has 1 N–H and O–H groups in total. The number of nitrogens with zero attached hydrogens (tertiary/aromatic N) is 4. The van der Waals surface area contributed by atoms with Gasteiger partial charge >= 0.3 is 0 Å². The summed E-state index contributed by atoms with van der Waals surface area (Å²) in [5.41, 5.74) is 0.725. The van der Waals surface area contributed by atoms with Gasteiger partial charge < -0.3 is 14.8 Å². The lowest BCUT2D eigenvalue weighted by molar-refractivity contribution is 0.0765. The number of anilines is 1. The summed E-state index contributed by atoms with van der Waals surface area (Å²) in [5.74, 6) is 0.603. The molecule has 3 rings (SSSR count). The minimum atomic E-state index is -0.344. The highest BCUT2D eigenvalue weighted by Gasteiger charge is 2.22. The molecule has 7 heteroatoms. The maximum absolute atomic E-state index is 12.5. The van der Waals surface area contributed by atoms with E-state index in [-0.39, 0.29) is 17.0 Å². The number of amides is 1. The van der Waals surface area contributed by atoms with Crippen LogP contribution in [-0.2, 0) is 0 Å². The van der Waals surface area contributed by atoms with Crippen molar-refractivity contribution in [3.8, 4) is 0 Å². The molecule has 0 aliphatic carbocycles. The van der Waals surface area contributed by atoms with Crippen LogP contribution in [0.25, 0.3) is 0 Å². The lowest BCUT2D eigenvalue weighted by atomic mass is 10.2. The van der Waals surface area contributed by atoms with Crippen molar-refractivity contribution in [2.45, 2.75) is 13.3 Å². The Morgan fingerprint density at radius 2 is 2.00 bits per heavy atom.